The van der Waals surface area contributed by atoms with Crippen LogP contribution in [0, 0.1) is 0 Å². The van der Waals surface area contributed by atoms with E-state index in [0.29, 0.717) is 12.4 Å². The molecule has 2 rings (SSSR count). The normalized spacial score (nSPS) is 12.9. The number of ether oxygens (including phenoxy) is 2. The van der Waals surface area contributed by atoms with Crippen molar-refractivity contribution in [2.24, 2.45) is 5.73 Å². The fraction of sp³-hybridized carbons (Fsp3) is 0.375. The van der Waals surface area contributed by atoms with Crippen molar-refractivity contribution in [2.75, 3.05) is 0 Å². The highest BCUT2D eigenvalue weighted by atomic mass is 16.6. The third kappa shape index (κ3) is 8.67. The first-order chi connectivity index (χ1) is 15.0. The number of primary amides is 1. The van der Waals surface area contributed by atoms with Gasteiger partial charge in [0.2, 0.25) is 11.8 Å². The number of carbonyl (C=O) groups excluding carboxylic acids is 3. The van der Waals surface area contributed by atoms with E-state index in [1.54, 1.807) is 32.9 Å². The highest BCUT2D eigenvalue weighted by Gasteiger charge is 2.26. The maximum Gasteiger partial charge on any atom is 0.408 e. The van der Waals surface area contributed by atoms with Gasteiger partial charge in [0.25, 0.3) is 0 Å². The third-order valence-corrected chi connectivity index (χ3v) is 4.40. The Hall–Kier alpha value is -3.55. The van der Waals surface area contributed by atoms with Crippen LogP contribution in [0.1, 0.15) is 38.8 Å². The lowest BCUT2D eigenvalue weighted by Gasteiger charge is -2.24. The number of nitrogens with two attached hydrogens (primary N) is 1. The second-order valence-electron chi connectivity index (χ2n) is 8.45. The van der Waals surface area contributed by atoms with Gasteiger partial charge in [-0.2, -0.15) is 0 Å². The predicted molar refractivity (Wildman–Crippen MR) is 121 cm³/mol. The Morgan fingerprint density at radius 1 is 0.938 bits per heavy atom. The summed E-state index contributed by atoms with van der Waals surface area (Å²) in [5.74, 6) is -0.526. The fourth-order valence-electron chi connectivity index (χ4n) is 2.74. The molecule has 0 aliphatic carbocycles. The van der Waals surface area contributed by atoms with E-state index in [-0.39, 0.29) is 6.42 Å². The summed E-state index contributed by atoms with van der Waals surface area (Å²) < 4.78 is 11.0. The van der Waals surface area contributed by atoms with Crippen molar-refractivity contribution in [1.29, 1.82) is 0 Å². The van der Waals surface area contributed by atoms with Crippen LogP contribution in [0.15, 0.2) is 54.6 Å². The minimum Gasteiger partial charge on any atom is -0.489 e. The zero-order valence-corrected chi connectivity index (χ0v) is 18.9. The maximum atomic E-state index is 12.7. The van der Waals surface area contributed by atoms with Gasteiger partial charge in [-0.25, -0.2) is 4.79 Å². The van der Waals surface area contributed by atoms with Crippen LogP contribution in [0.25, 0.3) is 0 Å². The van der Waals surface area contributed by atoms with Crippen molar-refractivity contribution in [3.63, 3.8) is 0 Å². The van der Waals surface area contributed by atoms with Crippen LogP contribution in [0.5, 0.6) is 5.75 Å². The Balaban J connectivity index is 2.05. The largest absolute Gasteiger partial charge is 0.489 e. The first kappa shape index (κ1) is 24.7. The average molecular weight is 442 g/mol. The molecule has 0 saturated heterocycles. The molecule has 8 nitrogen and oxygen atoms in total. The van der Waals surface area contributed by atoms with Crippen molar-refractivity contribution < 1.29 is 23.9 Å². The Labute approximate surface area is 188 Å². The van der Waals surface area contributed by atoms with E-state index in [0.717, 1.165) is 11.1 Å². The minimum absolute atomic E-state index is 0.190. The molecule has 0 unspecified atom stereocenters. The Kier molecular flexibility index (Phi) is 8.63. The van der Waals surface area contributed by atoms with Gasteiger partial charge in [0, 0.05) is 6.42 Å². The van der Waals surface area contributed by atoms with Crippen molar-refractivity contribution in [2.45, 2.75) is 58.4 Å². The highest BCUT2D eigenvalue weighted by molar-refractivity contribution is 5.90. The molecule has 0 bridgehead atoms. The SMILES string of the molecule is C[C@H](NC(=O)[C@H](Cc1ccc(OCc2ccccc2)cc1)NC(=O)OC(C)(C)C)C(N)=O. The minimum atomic E-state index is -0.956. The van der Waals surface area contributed by atoms with E-state index in [2.05, 4.69) is 10.6 Å². The van der Waals surface area contributed by atoms with Gasteiger partial charge in [-0.1, -0.05) is 42.5 Å². The molecule has 4 N–H and O–H groups in total. The zero-order valence-electron chi connectivity index (χ0n) is 18.9. The van der Waals surface area contributed by atoms with Gasteiger partial charge in [-0.05, 0) is 51.0 Å². The molecule has 0 aromatic heterocycles. The number of nitrogens with one attached hydrogen (secondary N) is 2. The summed E-state index contributed by atoms with van der Waals surface area (Å²) >= 11 is 0. The molecular weight excluding hydrogens is 410 g/mol. The molecule has 0 aliphatic rings. The summed E-state index contributed by atoms with van der Waals surface area (Å²) in [5.41, 5.74) is 6.36. The first-order valence-corrected chi connectivity index (χ1v) is 10.4. The summed E-state index contributed by atoms with van der Waals surface area (Å²) in [6.45, 7) is 7.10. The number of carbonyl (C=O) groups is 3. The van der Waals surface area contributed by atoms with Crippen LogP contribution in [0.4, 0.5) is 4.79 Å². The number of alkyl carbamates (subject to hydrolysis) is 1. The lowest BCUT2D eigenvalue weighted by atomic mass is 10.0. The van der Waals surface area contributed by atoms with E-state index >= 15 is 0 Å². The van der Waals surface area contributed by atoms with Gasteiger partial charge in [-0.3, -0.25) is 9.59 Å². The number of hydrogen-bond acceptors (Lipinski definition) is 5. The highest BCUT2D eigenvalue weighted by Crippen LogP contribution is 2.16. The van der Waals surface area contributed by atoms with Crippen LogP contribution < -0.4 is 21.1 Å². The van der Waals surface area contributed by atoms with Crippen molar-refractivity contribution >= 4 is 17.9 Å². The van der Waals surface area contributed by atoms with Gasteiger partial charge >= 0.3 is 6.09 Å². The summed E-state index contributed by atoms with van der Waals surface area (Å²) in [7, 11) is 0. The second kappa shape index (κ2) is 11.2. The van der Waals surface area contributed by atoms with Gasteiger partial charge < -0.3 is 25.8 Å². The van der Waals surface area contributed by atoms with Crippen molar-refractivity contribution in [3.05, 3.63) is 65.7 Å². The van der Waals surface area contributed by atoms with E-state index in [1.807, 2.05) is 42.5 Å². The molecule has 0 saturated carbocycles. The van der Waals surface area contributed by atoms with Gasteiger partial charge in [0.15, 0.2) is 0 Å². The Morgan fingerprint density at radius 2 is 1.56 bits per heavy atom. The molecule has 2 aromatic carbocycles. The van der Waals surface area contributed by atoms with Gasteiger partial charge in [-0.15, -0.1) is 0 Å². The van der Waals surface area contributed by atoms with Crippen LogP contribution >= 0.6 is 0 Å². The van der Waals surface area contributed by atoms with Crippen LogP contribution in [-0.4, -0.2) is 35.6 Å². The summed E-state index contributed by atoms with van der Waals surface area (Å²) in [6, 6.07) is 15.2. The monoisotopic (exact) mass is 441 g/mol. The Bertz CT molecular complexity index is 907. The lowest BCUT2D eigenvalue weighted by molar-refractivity contribution is -0.128. The van der Waals surface area contributed by atoms with Gasteiger partial charge in [0.05, 0.1) is 0 Å². The quantitative estimate of drug-likeness (QED) is 0.553. The number of benzene rings is 2. The number of amides is 3. The maximum absolute atomic E-state index is 12.7. The zero-order chi connectivity index (χ0) is 23.7. The molecule has 0 aliphatic heterocycles. The number of hydrogen-bond donors (Lipinski definition) is 3. The molecule has 0 fully saturated rings. The summed E-state index contributed by atoms with van der Waals surface area (Å²) in [6.07, 6.45) is -0.539. The topological polar surface area (TPSA) is 120 Å². The van der Waals surface area contributed by atoms with Crippen molar-refractivity contribution in [1.82, 2.24) is 10.6 Å². The van der Waals surface area contributed by atoms with Gasteiger partial charge in [0.1, 0.15) is 30.0 Å². The molecular formula is C24H31N3O5. The summed E-state index contributed by atoms with van der Waals surface area (Å²) in [4.78, 5) is 36.2. The van der Waals surface area contributed by atoms with E-state index in [1.165, 1.54) is 6.92 Å². The van der Waals surface area contributed by atoms with Crippen LogP contribution in [-0.2, 0) is 27.4 Å². The molecule has 2 aromatic rings. The molecule has 2 atom stereocenters. The predicted octanol–water partition coefficient (Wildman–Crippen LogP) is 2.69. The molecule has 3 amide bonds. The molecule has 8 heteroatoms. The van der Waals surface area contributed by atoms with E-state index in [4.69, 9.17) is 15.2 Å². The number of rotatable bonds is 9. The fourth-order valence-corrected chi connectivity index (χ4v) is 2.74. The first-order valence-electron chi connectivity index (χ1n) is 10.4. The second-order valence-corrected chi connectivity index (χ2v) is 8.45. The smallest absolute Gasteiger partial charge is 0.408 e. The van der Waals surface area contributed by atoms with Crippen LogP contribution in [0.3, 0.4) is 0 Å². The molecule has 0 heterocycles. The average Bonchev–Trinajstić information content (AvgIpc) is 2.72. The van der Waals surface area contributed by atoms with E-state index < -0.39 is 35.6 Å². The molecule has 0 radical (unpaired) electrons. The van der Waals surface area contributed by atoms with E-state index in [9.17, 15) is 14.4 Å². The molecule has 0 spiro atoms. The van der Waals surface area contributed by atoms with Crippen molar-refractivity contribution in [3.8, 4) is 5.75 Å². The standard InChI is InChI=1S/C24H31N3O5/c1-16(21(25)28)26-22(29)20(27-23(30)32-24(2,3)4)14-17-10-12-19(13-11-17)31-15-18-8-6-5-7-9-18/h5-13,16,20H,14-15H2,1-4H3,(H2,25,28)(H,26,29)(H,27,30)/t16-,20-/m0/s1. The van der Waals surface area contributed by atoms with Crippen LogP contribution in [0.2, 0.25) is 0 Å². The Morgan fingerprint density at radius 3 is 2.12 bits per heavy atom. The molecule has 32 heavy (non-hydrogen) atoms. The summed E-state index contributed by atoms with van der Waals surface area (Å²) in [5, 5.41) is 5.08. The lowest BCUT2D eigenvalue weighted by Crippen LogP contribution is -2.53. The third-order valence-electron chi connectivity index (χ3n) is 4.40. The molecule has 172 valence electrons.